The van der Waals surface area contributed by atoms with E-state index in [1.807, 2.05) is 19.2 Å². The summed E-state index contributed by atoms with van der Waals surface area (Å²) in [6.07, 6.45) is 2.88. The molecule has 1 aromatic rings. The summed E-state index contributed by atoms with van der Waals surface area (Å²) in [7, 11) is 0. The van der Waals surface area contributed by atoms with Crippen molar-refractivity contribution < 1.29 is 4.74 Å². The number of pyridine rings is 1. The van der Waals surface area contributed by atoms with Crippen molar-refractivity contribution in [3.63, 3.8) is 0 Å². The van der Waals surface area contributed by atoms with Crippen molar-refractivity contribution in [2.24, 2.45) is 5.73 Å². The van der Waals surface area contributed by atoms with Crippen LogP contribution in [-0.4, -0.2) is 31.3 Å². The third kappa shape index (κ3) is 2.51. The normalized spacial score (nSPS) is 19.2. The Morgan fingerprint density at radius 2 is 2.31 bits per heavy atom. The Labute approximate surface area is 96.4 Å². The van der Waals surface area contributed by atoms with Gasteiger partial charge in [0, 0.05) is 37.5 Å². The van der Waals surface area contributed by atoms with E-state index in [0.29, 0.717) is 0 Å². The SMILES string of the molecule is C[C@@H](N)c1cccnc1N1CCCOCC1. The first-order chi connectivity index (χ1) is 7.79. The predicted molar refractivity (Wildman–Crippen MR) is 64.5 cm³/mol. The zero-order chi connectivity index (χ0) is 11.4. The van der Waals surface area contributed by atoms with Gasteiger partial charge in [-0.25, -0.2) is 4.98 Å². The molecule has 1 aliphatic rings. The first-order valence-electron chi connectivity index (χ1n) is 5.82. The van der Waals surface area contributed by atoms with Crippen molar-refractivity contribution >= 4 is 5.82 Å². The molecule has 2 heterocycles. The van der Waals surface area contributed by atoms with Gasteiger partial charge >= 0.3 is 0 Å². The van der Waals surface area contributed by atoms with Crippen LogP contribution in [0.3, 0.4) is 0 Å². The summed E-state index contributed by atoms with van der Waals surface area (Å²) in [6.45, 7) is 5.51. The lowest BCUT2D eigenvalue weighted by molar-refractivity contribution is 0.152. The fourth-order valence-electron chi connectivity index (χ4n) is 1.99. The molecule has 0 saturated carbocycles. The van der Waals surface area contributed by atoms with Crippen LogP contribution in [0.5, 0.6) is 0 Å². The van der Waals surface area contributed by atoms with Crippen LogP contribution in [0.4, 0.5) is 5.82 Å². The Morgan fingerprint density at radius 3 is 3.12 bits per heavy atom. The molecule has 1 aromatic heterocycles. The molecule has 1 fully saturated rings. The number of hydrogen-bond donors (Lipinski definition) is 1. The molecule has 16 heavy (non-hydrogen) atoms. The first kappa shape index (κ1) is 11.4. The highest BCUT2D eigenvalue weighted by Crippen LogP contribution is 2.22. The van der Waals surface area contributed by atoms with E-state index in [1.165, 1.54) is 0 Å². The maximum atomic E-state index is 5.96. The molecule has 0 aliphatic carbocycles. The lowest BCUT2D eigenvalue weighted by atomic mass is 10.1. The van der Waals surface area contributed by atoms with Crippen LogP contribution < -0.4 is 10.6 Å². The lowest BCUT2D eigenvalue weighted by Gasteiger charge is -2.24. The van der Waals surface area contributed by atoms with Gasteiger partial charge in [0.2, 0.25) is 0 Å². The van der Waals surface area contributed by atoms with E-state index in [1.54, 1.807) is 0 Å². The summed E-state index contributed by atoms with van der Waals surface area (Å²) in [5.74, 6) is 1.02. The van der Waals surface area contributed by atoms with E-state index in [9.17, 15) is 0 Å². The predicted octanol–water partition coefficient (Wildman–Crippen LogP) is 1.33. The molecule has 4 heteroatoms. The smallest absolute Gasteiger partial charge is 0.133 e. The molecule has 0 unspecified atom stereocenters. The van der Waals surface area contributed by atoms with Crippen molar-refractivity contribution in [1.29, 1.82) is 0 Å². The Hall–Kier alpha value is -1.13. The van der Waals surface area contributed by atoms with Crippen molar-refractivity contribution in [3.8, 4) is 0 Å². The fourth-order valence-corrected chi connectivity index (χ4v) is 1.99. The van der Waals surface area contributed by atoms with Gasteiger partial charge in [-0.1, -0.05) is 6.07 Å². The molecule has 0 spiro atoms. The van der Waals surface area contributed by atoms with Crippen LogP contribution in [-0.2, 0) is 4.74 Å². The minimum absolute atomic E-state index is 0.0212. The number of hydrogen-bond acceptors (Lipinski definition) is 4. The molecular formula is C12H19N3O. The van der Waals surface area contributed by atoms with Crippen LogP contribution in [0.2, 0.25) is 0 Å². The van der Waals surface area contributed by atoms with E-state index in [2.05, 4.69) is 16.0 Å². The number of aromatic nitrogens is 1. The van der Waals surface area contributed by atoms with Gasteiger partial charge < -0.3 is 15.4 Å². The van der Waals surface area contributed by atoms with Gasteiger partial charge in [0.25, 0.3) is 0 Å². The Balaban J connectivity index is 2.23. The molecule has 1 saturated heterocycles. The standard InChI is InChI=1S/C12H19N3O/c1-10(13)11-4-2-5-14-12(11)15-6-3-8-16-9-7-15/h2,4-5,10H,3,6-9,13H2,1H3/t10-/m1/s1. The summed E-state index contributed by atoms with van der Waals surface area (Å²) in [4.78, 5) is 6.73. The van der Waals surface area contributed by atoms with Gasteiger partial charge in [0.1, 0.15) is 5.82 Å². The van der Waals surface area contributed by atoms with E-state index in [4.69, 9.17) is 10.5 Å². The van der Waals surface area contributed by atoms with Crippen LogP contribution in [0.25, 0.3) is 0 Å². The average molecular weight is 221 g/mol. The minimum Gasteiger partial charge on any atom is -0.380 e. The molecule has 4 nitrogen and oxygen atoms in total. The number of nitrogens with two attached hydrogens (primary N) is 1. The van der Waals surface area contributed by atoms with Crippen LogP contribution in [0.15, 0.2) is 18.3 Å². The van der Waals surface area contributed by atoms with Gasteiger partial charge in [-0.3, -0.25) is 0 Å². The molecule has 88 valence electrons. The van der Waals surface area contributed by atoms with Gasteiger partial charge in [-0.2, -0.15) is 0 Å². The fraction of sp³-hybridized carbons (Fsp3) is 0.583. The second-order valence-corrected chi connectivity index (χ2v) is 4.16. The van der Waals surface area contributed by atoms with Crippen molar-refractivity contribution in [1.82, 2.24) is 4.98 Å². The number of anilines is 1. The molecular weight excluding hydrogens is 202 g/mol. The van der Waals surface area contributed by atoms with E-state index in [0.717, 1.165) is 44.1 Å². The molecule has 1 atom stereocenters. The topological polar surface area (TPSA) is 51.4 Å². The number of ether oxygens (including phenoxy) is 1. The molecule has 0 bridgehead atoms. The highest BCUT2D eigenvalue weighted by Gasteiger charge is 2.16. The summed E-state index contributed by atoms with van der Waals surface area (Å²) < 4.78 is 5.45. The zero-order valence-corrected chi connectivity index (χ0v) is 9.72. The number of nitrogens with zero attached hydrogens (tertiary/aromatic N) is 2. The van der Waals surface area contributed by atoms with Gasteiger partial charge in [-0.05, 0) is 19.4 Å². The summed E-state index contributed by atoms with van der Waals surface area (Å²) in [5.41, 5.74) is 7.08. The Bertz CT molecular complexity index is 333. The zero-order valence-electron chi connectivity index (χ0n) is 9.72. The van der Waals surface area contributed by atoms with Crippen LogP contribution in [0.1, 0.15) is 24.9 Å². The third-order valence-corrected chi connectivity index (χ3v) is 2.83. The maximum Gasteiger partial charge on any atom is 0.133 e. The van der Waals surface area contributed by atoms with Crippen molar-refractivity contribution in [2.75, 3.05) is 31.2 Å². The lowest BCUT2D eigenvalue weighted by Crippen LogP contribution is -2.28. The Kier molecular flexibility index (Phi) is 3.74. The highest BCUT2D eigenvalue weighted by atomic mass is 16.5. The molecule has 2 rings (SSSR count). The number of rotatable bonds is 2. The average Bonchev–Trinajstić information content (AvgIpc) is 2.57. The molecule has 0 radical (unpaired) electrons. The summed E-state index contributed by atoms with van der Waals surface area (Å²) in [5, 5.41) is 0. The quantitative estimate of drug-likeness (QED) is 0.818. The third-order valence-electron chi connectivity index (χ3n) is 2.83. The maximum absolute atomic E-state index is 5.96. The summed E-state index contributed by atoms with van der Waals surface area (Å²) in [6, 6.07) is 4.02. The van der Waals surface area contributed by atoms with Gasteiger partial charge in [-0.15, -0.1) is 0 Å². The Morgan fingerprint density at radius 1 is 1.44 bits per heavy atom. The molecule has 2 N–H and O–H groups in total. The molecule has 0 aromatic carbocycles. The largest absolute Gasteiger partial charge is 0.380 e. The molecule has 0 amide bonds. The highest BCUT2D eigenvalue weighted by molar-refractivity contribution is 5.48. The van der Waals surface area contributed by atoms with Gasteiger partial charge in [0.15, 0.2) is 0 Å². The van der Waals surface area contributed by atoms with Gasteiger partial charge in [0.05, 0.1) is 6.61 Å². The minimum atomic E-state index is 0.0212. The van der Waals surface area contributed by atoms with E-state index in [-0.39, 0.29) is 6.04 Å². The van der Waals surface area contributed by atoms with Crippen LogP contribution in [0, 0.1) is 0 Å². The first-order valence-corrected chi connectivity index (χ1v) is 5.82. The second kappa shape index (κ2) is 5.27. The van der Waals surface area contributed by atoms with E-state index >= 15 is 0 Å². The van der Waals surface area contributed by atoms with Crippen molar-refractivity contribution in [2.45, 2.75) is 19.4 Å². The molecule has 1 aliphatic heterocycles. The monoisotopic (exact) mass is 221 g/mol. The second-order valence-electron chi connectivity index (χ2n) is 4.16. The van der Waals surface area contributed by atoms with Crippen LogP contribution >= 0.6 is 0 Å². The summed E-state index contributed by atoms with van der Waals surface area (Å²) >= 11 is 0. The van der Waals surface area contributed by atoms with Crippen molar-refractivity contribution in [3.05, 3.63) is 23.9 Å². The van der Waals surface area contributed by atoms with E-state index < -0.39 is 0 Å².